The zero-order valence-corrected chi connectivity index (χ0v) is 20.8. The van der Waals surface area contributed by atoms with Gasteiger partial charge in [0.2, 0.25) is 11.8 Å². The Morgan fingerprint density at radius 2 is 2.06 bits per heavy atom. The number of nitrogens with one attached hydrogen (secondary N) is 2. The summed E-state index contributed by atoms with van der Waals surface area (Å²) >= 11 is 0. The lowest BCUT2D eigenvalue weighted by Gasteiger charge is -2.25. The Morgan fingerprint density at radius 3 is 2.86 bits per heavy atom. The average Bonchev–Trinajstić information content (AvgIpc) is 3.55. The van der Waals surface area contributed by atoms with E-state index < -0.39 is 0 Å². The fourth-order valence-electron chi connectivity index (χ4n) is 4.90. The molecule has 2 N–H and O–H groups in total. The van der Waals surface area contributed by atoms with E-state index in [4.69, 9.17) is 14.5 Å². The zero-order valence-electron chi connectivity index (χ0n) is 20.8. The lowest BCUT2D eigenvalue weighted by atomic mass is 9.83. The monoisotopic (exact) mass is 485 g/mol. The van der Waals surface area contributed by atoms with Crippen molar-refractivity contribution in [2.75, 3.05) is 57.1 Å². The molecule has 0 saturated carbocycles. The molecule has 9 nitrogen and oxygen atoms in total. The Balaban J connectivity index is 1.37. The van der Waals surface area contributed by atoms with Gasteiger partial charge in [-0.3, -0.25) is 0 Å². The molecule has 1 aromatic carbocycles. The Morgan fingerprint density at radius 1 is 1.19 bits per heavy atom. The van der Waals surface area contributed by atoms with Crippen LogP contribution in [0.1, 0.15) is 30.9 Å². The molecule has 1 fully saturated rings. The molecule has 3 aromatic rings. The van der Waals surface area contributed by atoms with Crippen molar-refractivity contribution < 1.29 is 9.47 Å². The normalized spacial score (nSPS) is 18.9. The van der Waals surface area contributed by atoms with Crippen LogP contribution in [0.5, 0.6) is 5.88 Å². The SMILES string of the molecule is COc1ncccc1Nc1nccc(-c2cc(C#N)c3c(c2)C(C)(COCCN2CCCC2)CN3)n1. The molecule has 1 saturated heterocycles. The molecule has 0 spiro atoms. The molecule has 36 heavy (non-hydrogen) atoms. The lowest BCUT2D eigenvalue weighted by Crippen LogP contribution is -2.32. The van der Waals surface area contributed by atoms with Gasteiger partial charge >= 0.3 is 0 Å². The third-order valence-corrected chi connectivity index (χ3v) is 6.90. The van der Waals surface area contributed by atoms with Crippen molar-refractivity contribution in [2.45, 2.75) is 25.2 Å². The zero-order chi connectivity index (χ0) is 25.0. The van der Waals surface area contributed by atoms with Gasteiger partial charge in [-0.25, -0.2) is 15.0 Å². The van der Waals surface area contributed by atoms with E-state index in [0.717, 1.165) is 35.6 Å². The third-order valence-electron chi connectivity index (χ3n) is 6.90. The summed E-state index contributed by atoms with van der Waals surface area (Å²) in [5, 5.41) is 16.5. The van der Waals surface area contributed by atoms with Gasteiger partial charge in [-0.1, -0.05) is 6.92 Å². The van der Waals surface area contributed by atoms with Crippen molar-refractivity contribution in [1.29, 1.82) is 5.26 Å². The molecule has 0 bridgehead atoms. The molecule has 1 atom stereocenters. The second-order valence-corrected chi connectivity index (χ2v) is 9.52. The molecule has 9 heteroatoms. The van der Waals surface area contributed by atoms with Crippen LogP contribution in [-0.2, 0) is 10.2 Å². The molecule has 2 aliphatic rings. The number of benzene rings is 1. The predicted molar refractivity (Wildman–Crippen MR) is 139 cm³/mol. The first-order chi connectivity index (χ1) is 17.6. The summed E-state index contributed by atoms with van der Waals surface area (Å²) < 4.78 is 11.5. The summed E-state index contributed by atoms with van der Waals surface area (Å²) in [6.07, 6.45) is 5.93. The number of hydrogen-bond donors (Lipinski definition) is 2. The molecule has 5 rings (SSSR count). The van der Waals surface area contributed by atoms with Crippen LogP contribution in [0.25, 0.3) is 11.3 Å². The highest BCUT2D eigenvalue weighted by Crippen LogP contribution is 2.41. The number of rotatable bonds is 9. The van der Waals surface area contributed by atoms with Crippen LogP contribution in [0.15, 0.2) is 42.7 Å². The van der Waals surface area contributed by atoms with Gasteiger partial charge in [0.1, 0.15) is 11.8 Å². The van der Waals surface area contributed by atoms with Crippen LogP contribution in [0.4, 0.5) is 17.3 Å². The number of pyridine rings is 1. The summed E-state index contributed by atoms with van der Waals surface area (Å²) in [7, 11) is 1.57. The number of hydrogen-bond acceptors (Lipinski definition) is 9. The molecular weight excluding hydrogens is 454 g/mol. The van der Waals surface area contributed by atoms with Crippen LogP contribution in [0, 0.1) is 11.3 Å². The van der Waals surface area contributed by atoms with Gasteiger partial charge in [0.05, 0.1) is 37.3 Å². The number of ether oxygens (including phenoxy) is 2. The van der Waals surface area contributed by atoms with Crippen molar-refractivity contribution >= 4 is 17.3 Å². The Hall–Kier alpha value is -3.74. The molecule has 2 aromatic heterocycles. The minimum atomic E-state index is -0.237. The van der Waals surface area contributed by atoms with E-state index >= 15 is 0 Å². The van der Waals surface area contributed by atoms with E-state index in [1.54, 1.807) is 19.5 Å². The van der Waals surface area contributed by atoms with Crippen LogP contribution in [-0.4, -0.2) is 66.4 Å². The van der Waals surface area contributed by atoms with Gasteiger partial charge in [-0.05, 0) is 61.8 Å². The molecule has 1 unspecified atom stereocenters. The Labute approximate surface area is 211 Å². The fourth-order valence-corrected chi connectivity index (χ4v) is 4.90. The van der Waals surface area contributed by atoms with Crippen LogP contribution >= 0.6 is 0 Å². The van der Waals surface area contributed by atoms with Gasteiger partial charge < -0.3 is 25.0 Å². The highest BCUT2D eigenvalue weighted by atomic mass is 16.5. The first-order valence-electron chi connectivity index (χ1n) is 12.3. The summed E-state index contributed by atoms with van der Waals surface area (Å²) in [5.74, 6) is 0.881. The van der Waals surface area contributed by atoms with E-state index in [1.807, 2.05) is 24.3 Å². The van der Waals surface area contributed by atoms with Crippen molar-refractivity contribution in [3.8, 4) is 23.2 Å². The number of likely N-dealkylation sites (tertiary alicyclic amines) is 1. The summed E-state index contributed by atoms with van der Waals surface area (Å²) in [6, 6.07) is 11.9. The highest BCUT2D eigenvalue weighted by molar-refractivity contribution is 5.76. The minimum Gasteiger partial charge on any atom is -0.480 e. The molecule has 0 aliphatic carbocycles. The van der Waals surface area contributed by atoms with Gasteiger partial charge in [0, 0.05) is 36.5 Å². The molecular formula is C27H31N7O2. The van der Waals surface area contributed by atoms with E-state index in [9.17, 15) is 5.26 Å². The first-order valence-corrected chi connectivity index (χ1v) is 12.3. The topological polar surface area (TPSA) is 108 Å². The van der Waals surface area contributed by atoms with E-state index in [0.29, 0.717) is 36.3 Å². The minimum absolute atomic E-state index is 0.237. The van der Waals surface area contributed by atoms with Gasteiger partial charge in [-0.15, -0.1) is 0 Å². The quantitative estimate of drug-likeness (QED) is 0.435. The van der Waals surface area contributed by atoms with Crippen LogP contribution in [0.2, 0.25) is 0 Å². The lowest BCUT2D eigenvalue weighted by molar-refractivity contribution is 0.0788. The maximum absolute atomic E-state index is 9.89. The number of fused-ring (bicyclic) bond motifs is 1. The number of anilines is 3. The molecule has 0 radical (unpaired) electrons. The van der Waals surface area contributed by atoms with Gasteiger partial charge in [0.25, 0.3) is 0 Å². The Kier molecular flexibility index (Phi) is 6.98. The maximum atomic E-state index is 9.89. The largest absolute Gasteiger partial charge is 0.480 e. The van der Waals surface area contributed by atoms with Gasteiger partial charge in [0.15, 0.2) is 0 Å². The summed E-state index contributed by atoms with van der Waals surface area (Å²) in [6.45, 7) is 7.53. The second kappa shape index (κ2) is 10.5. The average molecular weight is 486 g/mol. The molecule has 186 valence electrons. The molecule has 2 aliphatic heterocycles. The summed E-state index contributed by atoms with van der Waals surface area (Å²) in [4.78, 5) is 15.7. The predicted octanol–water partition coefficient (Wildman–Crippen LogP) is 3.96. The second-order valence-electron chi connectivity index (χ2n) is 9.52. The number of aromatic nitrogens is 3. The van der Waals surface area contributed by atoms with Crippen molar-refractivity contribution in [1.82, 2.24) is 19.9 Å². The first kappa shape index (κ1) is 24.0. The Bertz CT molecular complexity index is 1270. The third kappa shape index (κ3) is 4.96. The van der Waals surface area contributed by atoms with Crippen molar-refractivity contribution in [3.05, 3.63) is 53.9 Å². The number of nitrogens with zero attached hydrogens (tertiary/aromatic N) is 5. The van der Waals surface area contributed by atoms with E-state index in [2.05, 4.69) is 44.6 Å². The van der Waals surface area contributed by atoms with Crippen molar-refractivity contribution in [2.24, 2.45) is 0 Å². The van der Waals surface area contributed by atoms with Crippen molar-refractivity contribution in [3.63, 3.8) is 0 Å². The molecule has 0 amide bonds. The highest BCUT2D eigenvalue weighted by Gasteiger charge is 2.37. The molecule has 4 heterocycles. The number of nitriles is 1. The van der Waals surface area contributed by atoms with Gasteiger partial charge in [-0.2, -0.15) is 5.26 Å². The van der Waals surface area contributed by atoms with E-state index in [1.165, 1.54) is 25.9 Å². The summed E-state index contributed by atoms with van der Waals surface area (Å²) in [5.41, 5.74) is 4.59. The standard InChI is InChI=1S/C27H31N7O2/c1-27(18-36-13-12-34-10-3-4-11-34)17-31-24-20(16-28)14-19(15-21(24)27)22-7-9-30-26(32-22)33-23-6-5-8-29-25(23)35-2/h5-9,14-15,31H,3-4,10-13,17-18H2,1-2H3,(H,30,32,33). The smallest absolute Gasteiger partial charge is 0.237 e. The maximum Gasteiger partial charge on any atom is 0.237 e. The van der Waals surface area contributed by atoms with Crippen LogP contribution < -0.4 is 15.4 Å². The van der Waals surface area contributed by atoms with Crippen LogP contribution in [0.3, 0.4) is 0 Å². The fraction of sp³-hybridized carbons (Fsp3) is 0.407. The number of methoxy groups -OCH3 is 1. The van der Waals surface area contributed by atoms with E-state index in [-0.39, 0.29) is 5.41 Å².